The lowest BCUT2D eigenvalue weighted by Crippen LogP contribution is -1.93. The van der Waals surface area contributed by atoms with Crippen LogP contribution in [0, 0.1) is 0 Å². The third-order valence-corrected chi connectivity index (χ3v) is 11.0. The molecular formula is C52H32O. The molecule has 0 N–H and O–H groups in total. The van der Waals surface area contributed by atoms with Gasteiger partial charge in [0.25, 0.3) is 0 Å². The zero-order valence-electron chi connectivity index (χ0n) is 28.9. The van der Waals surface area contributed by atoms with E-state index in [0.29, 0.717) is 0 Å². The smallest absolute Gasteiger partial charge is 0.136 e. The summed E-state index contributed by atoms with van der Waals surface area (Å²) in [4.78, 5) is 0. The zero-order valence-corrected chi connectivity index (χ0v) is 28.9. The van der Waals surface area contributed by atoms with Crippen molar-refractivity contribution in [1.82, 2.24) is 0 Å². The first-order chi connectivity index (χ1) is 26.3. The highest BCUT2D eigenvalue weighted by Crippen LogP contribution is 2.49. The van der Waals surface area contributed by atoms with Gasteiger partial charge in [0.2, 0.25) is 0 Å². The lowest BCUT2D eigenvalue weighted by atomic mass is 9.82. The molecular weight excluding hydrogens is 641 g/mol. The van der Waals surface area contributed by atoms with Crippen LogP contribution < -0.4 is 0 Å². The van der Waals surface area contributed by atoms with E-state index in [1.807, 2.05) is 0 Å². The SMILES string of the molecule is c1ccc(-c2c3ccccc3c(-c3cc(-c4cccc5ccccc45)cc4oc5ccccc5c34)c3ccccc23)c(-c2ccc3ccccc3c2)c1. The van der Waals surface area contributed by atoms with Crippen molar-refractivity contribution in [3.8, 4) is 44.5 Å². The van der Waals surface area contributed by atoms with Gasteiger partial charge in [0, 0.05) is 10.8 Å². The van der Waals surface area contributed by atoms with Crippen molar-refractivity contribution >= 4 is 65.0 Å². The molecule has 1 nitrogen and oxygen atoms in total. The Kier molecular flexibility index (Phi) is 6.62. The summed E-state index contributed by atoms with van der Waals surface area (Å²) in [5.74, 6) is 0. The van der Waals surface area contributed by atoms with Crippen molar-refractivity contribution in [3.05, 3.63) is 194 Å². The van der Waals surface area contributed by atoms with Crippen molar-refractivity contribution in [1.29, 1.82) is 0 Å². The van der Waals surface area contributed by atoms with Gasteiger partial charge in [-0.1, -0.05) is 170 Å². The van der Waals surface area contributed by atoms with Crippen LogP contribution in [-0.4, -0.2) is 0 Å². The van der Waals surface area contributed by atoms with E-state index in [0.717, 1.165) is 27.5 Å². The second-order valence-electron chi connectivity index (χ2n) is 14.0. The molecule has 0 fully saturated rings. The van der Waals surface area contributed by atoms with E-state index in [-0.39, 0.29) is 0 Å². The van der Waals surface area contributed by atoms with Crippen molar-refractivity contribution in [2.24, 2.45) is 0 Å². The molecule has 0 atom stereocenters. The molecule has 246 valence electrons. The molecule has 0 bridgehead atoms. The Bertz CT molecular complexity index is 3170. The molecule has 10 aromatic carbocycles. The van der Waals surface area contributed by atoms with Gasteiger partial charge < -0.3 is 4.42 Å². The molecule has 0 saturated carbocycles. The fourth-order valence-corrected chi connectivity index (χ4v) is 8.70. The fourth-order valence-electron chi connectivity index (χ4n) is 8.70. The Morgan fingerprint density at radius 3 is 1.53 bits per heavy atom. The van der Waals surface area contributed by atoms with Crippen LogP contribution in [0.5, 0.6) is 0 Å². The number of fused-ring (bicyclic) bond motifs is 7. The molecule has 0 aliphatic carbocycles. The predicted octanol–water partition coefficient (Wildman–Crippen LogP) is 14.9. The standard InChI is InChI=1S/C52H32O/c1-2-16-35-30-36(29-28-33(35)14-1)39-19-5-6-20-41(39)50-42-21-7-9-23-44(42)51(45-24-10-8-22-43(45)50)47-31-37(40-26-13-17-34-15-3-4-18-38(34)40)32-49-52(47)46-25-11-12-27-48(46)53-49/h1-32H. The Balaban J connectivity index is 1.26. The third-order valence-electron chi connectivity index (χ3n) is 11.0. The summed E-state index contributed by atoms with van der Waals surface area (Å²) >= 11 is 0. The minimum atomic E-state index is 0.894. The molecule has 0 unspecified atom stereocenters. The Morgan fingerprint density at radius 2 is 0.792 bits per heavy atom. The average Bonchev–Trinajstić information content (AvgIpc) is 3.61. The van der Waals surface area contributed by atoms with Gasteiger partial charge in [-0.3, -0.25) is 0 Å². The number of rotatable bonds is 4. The summed E-state index contributed by atoms with van der Waals surface area (Å²) in [7, 11) is 0. The van der Waals surface area contributed by atoms with Crippen molar-refractivity contribution < 1.29 is 4.42 Å². The number of furan rings is 1. The van der Waals surface area contributed by atoms with Crippen LogP contribution in [0.3, 0.4) is 0 Å². The second kappa shape index (κ2) is 11.8. The maximum Gasteiger partial charge on any atom is 0.136 e. The van der Waals surface area contributed by atoms with Gasteiger partial charge in [-0.25, -0.2) is 0 Å². The summed E-state index contributed by atoms with van der Waals surface area (Å²) in [5, 5.41) is 12.1. The molecule has 1 heteroatoms. The number of hydrogen-bond donors (Lipinski definition) is 0. The van der Waals surface area contributed by atoms with Crippen LogP contribution in [0.25, 0.3) is 110 Å². The van der Waals surface area contributed by atoms with E-state index < -0.39 is 0 Å². The van der Waals surface area contributed by atoms with Crippen LogP contribution in [0.15, 0.2) is 199 Å². The van der Waals surface area contributed by atoms with E-state index in [2.05, 4.69) is 194 Å². The first-order valence-corrected chi connectivity index (χ1v) is 18.3. The molecule has 0 saturated heterocycles. The van der Waals surface area contributed by atoms with Crippen LogP contribution in [0.4, 0.5) is 0 Å². The van der Waals surface area contributed by atoms with E-state index in [9.17, 15) is 0 Å². The lowest BCUT2D eigenvalue weighted by molar-refractivity contribution is 0.669. The predicted molar refractivity (Wildman–Crippen MR) is 225 cm³/mol. The normalized spacial score (nSPS) is 11.8. The van der Waals surface area contributed by atoms with E-state index in [4.69, 9.17) is 4.42 Å². The Hall–Kier alpha value is -6.96. The van der Waals surface area contributed by atoms with Gasteiger partial charge in [0.05, 0.1) is 0 Å². The maximum atomic E-state index is 6.70. The van der Waals surface area contributed by atoms with E-state index in [1.165, 1.54) is 82.0 Å². The monoisotopic (exact) mass is 672 g/mol. The van der Waals surface area contributed by atoms with E-state index in [1.54, 1.807) is 0 Å². The molecule has 0 aliphatic rings. The average molecular weight is 673 g/mol. The van der Waals surface area contributed by atoms with Gasteiger partial charge in [-0.05, 0) is 112 Å². The molecule has 0 radical (unpaired) electrons. The van der Waals surface area contributed by atoms with Gasteiger partial charge in [-0.15, -0.1) is 0 Å². The highest BCUT2D eigenvalue weighted by Gasteiger charge is 2.23. The maximum absolute atomic E-state index is 6.70. The number of benzene rings is 10. The number of hydrogen-bond acceptors (Lipinski definition) is 1. The van der Waals surface area contributed by atoms with Crippen molar-refractivity contribution in [3.63, 3.8) is 0 Å². The minimum Gasteiger partial charge on any atom is -0.456 e. The van der Waals surface area contributed by atoms with Gasteiger partial charge >= 0.3 is 0 Å². The number of para-hydroxylation sites is 1. The third kappa shape index (κ3) is 4.64. The van der Waals surface area contributed by atoms with Crippen molar-refractivity contribution in [2.45, 2.75) is 0 Å². The van der Waals surface area contributed by atoms with E-state index >= 15 is 0 Å². The largest absolute Gasteiger partial charge is 0.456 e. The van der Waals surface area contributed by atoms with Crippen LogP contribution in [0.2, 0.25) is 0 Å². The second-order valence-corrected chi connectivity index (χ2v) is 14.0. The molecule has 0 aliphatic heterocycles. The first-order valence-electron chi connectivity index (χ1n) is 18.3. The zero-order chi connectivity index (χ0) is 34.9. The fraction of sp³-hybridized carbons (Fsp3) is 0. The van der Waals surface area contributed by atoms with Crippen LogP contribution in [-0.2, 0) is 0 Å². The molecule has 0 amide bonds. The molecule has 0 spiro atoms. The highest BCUT2D eigenvalue weighted by atomic mass is 16.3. The Labute approximate surface area is 307 Å². The Morgan fingerprint density at radius 1 is 0.264 bits per heavy atom. The molecule has 11 aromatic rings. The summed E-state index contributed by atoms with van der Waals surface area (Å²) in [6.07, 6.45) is 0. The minimum absolute atomic E-state index is 0.894. The quantitative estimate of drug-likeness (QED) is 0.170. The van der Waals surface area contributed by atoms with Crippen LogP contribution in [0.1, 0.15) is 0 Å². The molecule has 1 aromatic heterocycles. The van der Waals surface area contributed by atoms with Gasteiger partial charge in [0.15, 0.2) is 0 Å². The topological polar surface area (TPSA) is 13.1 Å². The summed E-state index contributed by atoms with van der Waals surface area (Å²) in [6.45, 7) is 0. The molecule has 11 rings (SSSR count). The molecule has 53 heavy (non-hydrogen) atoms. The lowest BCUT2D eigenvalue weighted by Gasteiger charge is -2.20. The van der Waals surface area contributed by atoms with Gasteiger partial charge in [0.1, 0.15) is 11.2 Å². The summed E-state index contributed by atoms with van der Waals surface area (Å²) in [6, 6.07) is 70.6. The van der Waals surface area contributed by atoms with Crippen LogP contribution >= 0.6 is 0 Å². The summed E-state index contributed by atoms with van der Waals surface area (Å²) in [5.41, 5.74) is 11.4. The first kappa shape index (κ1) is 29.7. The molecule has 1 heterocycles. The van der Waals surface area contributed by atoms with Crippen molar-refractivity contribution in [2.75, 3.05) is 0 Å². The van der Waals surface area contributed by atoms with Gasteiger partial charge in [-0.2, -0.15) is 0 Å². The highest BCUT2D eigenvalue weighted by molar-refractivity contribution is 6.27. The summed E-state index contributed by atoms with van der Waals surface area (Å²) < 4.78 is 6.70.